The van der Waals surface area contributed by atoms with Crippen LogP contribution in [0.4, 0.5) is 5.69 Å². The average Bonchev–Trinajstić information content (AvgIpc) is 2.15. The molecule has 0 aliphatic heterocycles. The van der Waals surface area contributed by atoms with Crippen LogP contribution >= 0.6 is 12.4 Å². The van der Waals surface area contributed by atoms with Crippen molar-refractivity contribution in [2.45, 2.75) is 6.54 Å². The second kappa shape index (κ2) is 5.82. The molecule has 0 heterocycles. The summed E-state index contributed by atoms with van der Waals surface area (Å²) in [6.45, 7) is 0.254. The SMILES string of the molecule is Cl.NC(N)=NCc1cccc([N+](=O)[O-])c1. The molecule has 0 unspecified atom stereocenters. The van der Waals surface area contributed by atoms with Gasteiger partial charge in [0.2, 0.25) is 0 Å². The van der Waals surface area contributed by atoms with Gasteiger partial charge in [0, 0.05) is 12.1 Å². The van der Waals surface area contributed by atoms with Crippen LogP contribution in [0.15, 0.2) is 29.3 Å². The van der Waals surface area contributed by atoms with Crippen molar-refractivity contribution in [2.24, 2.45) is 16.5 Å². The van der Waals surface area contributed by atoms with Crippen molar-refractivity contribution in [1.29, 1.82) is 0 Å². The summed E-state index contributed by atoms with van der Waals surface area (Å²) in [5, 5.41) is 10.4. The van der Waals surface area contributed by atoms with Gasteiger partial charge in [-0.05, 0) is 5.56 Å². The predicted molar refractivity (Wildman–Crippen MR) is 59.9 cm³/mol. The monoisotopic (exact) mass is 230 g/mol. The summed E-state index contributed by atoms with van der Waals surface area (Å²) in [4.78, 5) is 13.7. The molecule has 1 rings (SSSR count). The molecule has 0 radical (unpaired) electrons. The highest BCUT2D eigenvalue weighted by atomic mass is 35.5. The van der Waals surface area contributed by atoms with E-state index in [1.165, 1.54) is 12.1 Å². The Bertz CT molecular complexity index is 377. The number of nitrogens with two attached hydrogens (primary N) is 2. The topological polar surface area (TPSA) is 108 Å². The maximum Gasteiger partial charge on any atom is 0.269 e. The fraction of sp³-hybridized carbons (Fsp3) is 0.125. The summed E-state index contributed by atoms with van der Waals surface area (Å²) in [5.74, 6) is -0.0310. The van der Waals surface area contributed by atoms with Gasteiger partial charge >= 0.3 is 0 Å². The highest BCUT2D eigenvalue weighted by molar-refractivity contribution is 5.85. The summed E-state index contributed by atoms with van der Waals surface area (Å²) in [6, 6.07) is 6.17. The second-order valence-corrected chi connectivity index (χ2v) is 2.67. The Morgan fingerprint density at radius 3 is 2.67 bits per heavy atom. The fourth-order valence-electron chi connectivity index (χ4n) is 0.951. The Morgan fingerprint density at radius 2 is 2.13 bits per heavy atom. The molecule has 0 aromatic heterocycles. The number of halogens is 1. The van der Waals surface area contributed by atoms with Crippen LogP contribution in [0, 0.1) is 10.1 Å². The minimum Gasteiger partial charge on any atom is -0.370 e. The first-order chi connectivity index (χ1) is 6.59. The van der Waals surface area contributed by atoms with E-state index in [1.54, 1.807) is 12.1 Å². The summed E-state index contributed by atoms with van der Waals surface area (Å²) < 4.78 is 0. The van der Waals surface area contributed by atoms with Crippen LogP contribution in [0.25, 0.3) is 0 Å². The smallest absolute Gasteiger partial charge is 0.269 e. The lowest BCUT2D eigenvalue weighted by Gasteiger charge is -1.96. The van der Waals surface area contributed by atoms with Crippen molar-refractivity contribution in [3.05, 3.63) is 39.9 Å². The van der Waals surface area contributed by atoms with Gasteiger partial charge in [-0.1, -0.05) is 12.1 Å². The molecule has 0 bridgehead atoms. The highest BCUT2D eigenvalue weighted by Gasteiger charge is 2.04. The van der Waals surface area contributed by atoms with E-state index in [0.29, 0.717) is 5.56 Å². The van der Waals surface area contributed by atoms with Gasteiger partial charge in [0.1, 0.15) is 0 Å². The lowest BCUT2D eigenvalue weighted by atomic mass is 10.2. The first-order valence-electron chi connectivity index (χ1n) is 3.88. The van der Waals surface area contributed by atoms with Crippen molar-refractivity contribution in [3.63, 3.8) is 0 Å². The van der Waals surface area contributed by atoms with Crippen LogP contribution in [-0.2, 0) is 6.54 Å². The quantitative estimate of drug-likeness (QED) is 0.346. The minimum absolute atomic E-state index is 0. The number of hydrogen-bond acceptors (Lipinski definition) is 3. The molecule has 7 heteroatoms. The minimum atomic E-state index is -0.459. The number of guanidine groups is 1. The standard InChI is InChI=1S/C8H10N4O2.ClH/c9-8(10)11-5-6-2-1-3-7(4-6)12(13)14;/h1-4H,5H2,(H4,9,10,11);1H. The fourth-order valence-corrected chi connectivity index (χ4v) is 0.951. The van der Waals surface area contributed by atoms with Crippen molar-refractivity contribution < 1.29 is 4.92 Å². The molecule has 6 nitrogen and oxygen atoms in total. The average molecular weight is 231 g/mol. The lowest BCUT2D eigenvalue weighted by molar-refractivity contribution is -0.384. The zero-order chi connectivity index (χ0) is 10.6. The predicted octanol–water partition coefficient (Wildman–Crippen LogP) is 0.790. The number of nitro benzene ring substituents is 1. The normalized spacial score (nSPS) is 8.80. The van der Waals surface area contributed by atoms with Crippen molar-refractivity contribution in [2.75, 3.05) is 0 Å². The Kier molecular flexibility index (Phi) is 5.11. The molecule has 1 aromatic carbocycles. The van der Waals surface area contributed by atoms with Crippen molar-refractivity contribution in [3.8, 4) is 0 Å². The number of aliphatic imine (C=N–C) groups is 1. The highest BCUT2D eigenvalue weighted by Crippen LogP contribution is 2.13. The van der Waals surface area contributed by atoms with E-state index in [9.17, 15) is 10.1 Å². The van der Waals surface area contributed by atoms with Crippen LogP contribution in [-0.4, -0.2) is 10.9 Å². The zero-order valence-electron chi connectivity index (χ0n) is 7.79. The third-order valence-corrected chi connectivity index (χ3v) is 1.57. The first kappa shape index (κ1) is 13.2. The number of nitrogens with zero attached hydrogens (tertiary/aromatic N) is 2. The molecule has 0 aliphatic rings. The van der Waals surface area contributed by atoms with Crippen LogP contribution in [0.2, 0.25) is 0 Å². The van der Waals surface area contributed by atoms with Gasteiger partial charge in [0.25, 0.3) is 5.69 Å². The van der Waals surface area contributed by atoms with E-state index in [4.69, 9.17) is 11.5 Å². The van der Waals surface area contributed by atoms with Crippen LogP contribution in [0.5, 0.6) is 0 Å². The van der Waals surface area contributed by atoms with Crippen LogP contribution in [0.3, 0.4) is 0 Å². The maximum absolute atomic E-state index is 10.4. The Balaban J connectivity index is 0.00000196. The van der Waals surface area contributed by atoms with E-state index >= 15 is 0 Å². The van der Waals surface area contributed by atoms with Crippen molar-refractivity contribution >= 4 is 24.1 Å². The van der Waals surface area contributed by atoms with Crippen molar-refractivity contribution in [1.82, 2.24) is 0 Å². The van der Waals surface area contributed by atoms with Gasteiger partial charge in [-0.2, -0.15) is 0 Å². The summed E-state index contributed by atoms with van der Waals surface area (Å²) >= 11 is 0. The van der Waals surface area contributed by atoms with Gasteiger partial charge in [0.05, 0.1) is 11.5 Å². The largest absolute Gasteiger partial charge is 0.370 e. The number of benzene rings is 1. The number of rotatable bonds is 3. The van der Waals surface area contributed by atoms with E-state index < -0.39 is 4.92 Å². The second-order valence-electron chi connectivity index (χ2n) is 2.67. The van der Waals surface area contributed by atoms with Crippen LogP contribution in [0.1, 0.15) is 5.56 Å². The molecule has 4 N–H and O–H groups in total. The summed E-state index contributed by atoms with van der Waals surface area (Å²) in [6.07, 6.45) is 0. The van der Waals surface area contributed by atoms with Gasteiger partial charge in [-0.15, -0.1) is 12.4 Å². The Morgan fingerprint density at radius 1 is 1.47 bits per heavy atom. The van der Waals surface area contributed by atoms with Gasteiger partial charge in [0.15, 0.2) is 5.96 Å². The third kappa shape index (κ3) is 4.28. The molecule has 0 atom stereocenters. The number of nitro groups is 1. The number of hydrogen-bond donors (Lipinski definition) is 2. The zero-order valence-corrected chi connectivity index (χ0v) is 8.61. The molecule has 0 spiro atoms. The molecule has 0 saturated carbocycles. The Labute approximate surface area is 92.5 Å². The van der Waals surface area contributed by atoms with Gasteiger partial charge in [-0.3, -0.25) is 10.1 Å². The molecule has 82 valence electrons. The molecular weight excluding hydrogens is 220 g/mol. The Hall–Kier alpha value is -1.82. The summed E-state index contributed by atoms with van der Waals surface area (Å²) in [5.41, 5.74) is 11.0. The molecule has 0 aliphatic carbocycles. The van der Waals surface area contributed by atoms with Gasteiger partial charge < -0.3 is 11.5 Å². The lowest BCUT2D eigenvalue weighted by Crippen LogP contribution is -2.22. The van der Waals surface area contributed by atoms with E-state index in [0.717, 1.165) is 0 Å². The van der Waals surface area contributed by atoms with E-state index in [1.807, 2.05) is 0 Å². The molecule has 0 saturated heterocycles. The maximum atomic E-state index is 10.4. The van der Waals surface area contributed by atoms with Gasteiger partial charge in [-0.25, -0.2) is 4.99 Å². The first-order valence-corrected chi connectivity index (χ1v) is 3.88. The van der Waals surface area contributed by atoms with E-state index in [-0.39, 0.29) is 30.6 Å². The number of non-ortho nitro benzene ring substituents is 1. The molecular formula is C8H11ClN4O2. The molecule has 0 fully saturated rings. The molecule has 15 heavy (non-hydrogen) atoms. The summed E-state index contributed by atoms with van der Waals surface area (Å²) in [7, 11) is 0. The molecule has 0 amide bonds. The van der Waals surface area contributed by atoms with Crippen LogP contribution < -0.4 is 11.5 Å². The molecule has 1 aromatic rings. The van der Waals surface area contributed by atoms with E-state index in [2.05, 4.69) is 4.99 Å². The third-order valence-electron chi connectivity index (χ3n) is 1.57.